The van der Waals surface area contributed by atoms with Gasteiger partial charge in [0.2, 0.25) is 0 Å². The first-order valence-electron chi connectivity index (χ1n) is 1.78. The summed E-state index contributed by atoms with van der Waals surface area (Å²) >= 11 is 0. The molecule has 0 amide bonds. The van der Waals surface area contributed by atoms with Gasteiger partial charge in [0.25, 0.3) is 0 Å². The molecule has 0 rings (SSSR count). The van der Waals surface area contributed by atoms with E-state index in [4.69, 9.17) is 11.5 Å². The molecular weight excluding hydrogens is 137 g/mol. The number of nitrogens with two attached hydrogens (primary N) is 2. The Hall–Kier alpha value is 0.463. The van der Waals surface area contributed by atoms with E-state index in [1.807, 2.05) is 6.92 Å². The summed E-state index contributed by atoms with van der Waals surface area (Å²) in [6.07, 6.45) is 0.745. The Kier molecular flexibility index (Phi) is 8.82. The van der Waals surface area contributed by atoms with Gasteiger partial charge in [-0.3, -0.25) is 0 Å². The van der Waals surface area contributed by atoms with Crippen LogP contribution >= 0.6 is 0 Å². The Morgan fingerprint density at radius 1 is 1.50 bits per heavy atom. The van der Waals surface area contributed by atoms with Gasteiger partial charge in [-0.15, -0.1) is 0 Å². The summed E-state index contributed by atoms with van der Waals surface area (Å²) in [6, 6.07) is 0. The second-order valence-corrected chi connectivity index (χ2v) is 1.07. The Morgan fingerprint density at radius 2 is 1.67 bits per heavy atom. The second kappa shape index (κ2) is 5.46. The van der Waals surface area contributed by atoms with Crippen LogP contribution in [0.2, 0.25) is 0 Å². The molecule has 0 spiro atoms. The molecule has 4 N–H and O–H groups in total. The van der Waals surface area contributed by atoms with E-state index in [1.54, 1.807) is 0 Å². The number of hydrogen-bond acceptors (Lipinski definition) is 2. The molecule has 2 nitrogen and oxygen atoms in total. The third kappa shape index (κ3) is 8.82. The molecule has 0 atom stereocenters. The summed E-state index contributed by atoms with van der Waals surface area (Å²) in [7, 11) is 0. The predicted octanol–water partition coefficient (Wildman–Crippen LogP) is -1.81. The number of rotatable bonds is 1. The zero-order valence-corrected chi connectivity index (χ0v) is 3.44. The van der Waals surface area contributed by atoms with E-state index in [1.165, 1.54) is 0 Å². The molecule has 0 unspecified atom stereocenters. The van der Waals surface area contributed by atoms with Crippen molar-refractivity contribution in [1.82, 2.24) is 0 Å². The zero-order chi connectivity index (χ0) is 4.28. The van der Waals surface area contributed by atoms with Crippen LogP contribution < -0.4 is 11.5 Å². The van der Waals surface area contributed by atoms with Gasteiger partial charge in [-0.1, -0.05) is 6.92 Å². The molecule has 0 heterocycles. The first kappa shape index (κ1) is 9.68. The Balaban J connectivity index is 0. The first-order valence-corrected chi connectivity index (χ1v) is 1.78. The molecule has 0 bridgehead atoms. The van der Waals surface area contributed by atoms with E-state index in [0.717, 1.165) is 6.42 Å². The van der Waals surface area contributed by atoms with Crippen molar-refractivity contribution in [3.05, 3.63) is 0 Å². The Morgan fingerprint density at radius 3 is 1.67 bits per heavy atom. The van der Waals surface area contributed by atoms with E-state index in [-0.39, 0.29) is 23.8 Å². The summed E-state index contributed by atoms with van der Waals surface area (Å²) in [5.74, 6) is 0. The molecule has 6 heavy (non-hydrogen) atoms. The SMILES string of the molecule is CCC(N)N.[GeH4]. The van der Waals surface area contributed by atoms with Gasteiger partial charge in [0, 0.05) is 0 Å². The Bertz CT molecular complexity index is 22.8. The van der Waals surface area contributed by atoms with Crippen LogP contribution in [0.4, 0.5) is 0 Å². The monoisotopic (exact) mass is 152 g/mol. The summed E-state index contributed by atoms with van der Waals surface area (Å²) in [4.78, 5) is 0. The molecule has 0 aliphatic rings. The van der Waals surface area contributed by atoms with Gasteiger partial charge in [-0.2, -0.15) is 0 Å². The third-order valence-electron chi connectivity index (χ3n) is 0.471. The van der Waals surface area contributed by atoms with E-state index in [2.05, 4.69) is 0 Å². The predicted molar refractivity (Wildman–Crippen MR) is 33.8 cm³/mol. The molecular formula is C3H14GeN2. The third-order valence-corrected chi connectivity index (χ3v) is 0.471. The topological polar surface area (TPSA) is 52.0 Å². The maximum absolute atomic E-state index is 5.07. The van der Waals surface area contributed by atoms with Crippen molar-refractivity contribution in [1.29, 1.82) is 0 Å². The van der Waals surface area contributed by atoms with Gasteiger partial charge in [-0.05, 0) is 6.42 Å². The average molecular weight is 151 g/mol. The van der Waals surface area contributed by atoms with E-state index < -0.39 is 0 Å². The summed E-state index contributed by atoms with van der Waals surface area (Å²) in [5.41, 5.74) is 10.1. The van der Waals surface area contributed by atoms with Gasteiger partial charge in [0.15, 0.2) is 0 Å². The molecule has 0 saturated carbocycles. The zero-order valence-electron chi connectivity index (χ0n) is 3.44. The minimum atomic E-state index is -0.116. The molecule has 0 radical (unpaired) electrons. The quantitative estimate of drug-likeness (QED) is 0.342. The fraction of sp³-hybridized carbons (Fsp3) is 1.00. The molecule has 0 fully saturated rings. The standard InChI is InChI=1S/C3H10N2.GeH4/c1-2-3(4)5;/h3H,2,4-5H2,1H3;1H4. The normalized spacial score (nSPS) is 8.00. The van der Waals surface area contributed by atoms with Crippen molar-refractivity contribution in [3.8, 4) is 0 Å². The molecule has 0 aliphatic heterocycles. The molecule has 0 aliphatic carbocycles. The second-order valence-electron chi connectivity index (χ2n) is 1.07. The van der Waals surface area contributed by atoms with Gasteiger partial charge in [0.05, 0.1) is 6.17 Å². The van der Waals surface area contributed by atoms with Crippen LogP contribution in [0.25, 0.3) is 0 Å². The molecule has 40 valence electrons. The van der Waals surface area contributed by atoms with E-state index in [0.29, 0.717) is 0 Å². The molecule has 0 aromatic carbocycles. The molecule has 0 saturated heterocycles. The molecule has 0 aromatic rings. The van der Waals surface area contributed by atoms with Gasteiger partial charge in [0.1, 0.15) is 0 Å². The molecule has 3 heteroatoms. The average Bonchev–Trinajstić information content (AvgIpc) is 1.38. The number of hydrogen-bond donors (Lipinski definition) is 2. The van der Waals surface area contributed by atoms with Crippen molar-refractivity contribution in [3.63, 3.8) is 0 Å². The van der Waals surface area contributed by atoms with Crippen molar-refractivity contribution in [2.24, 2.45) is 11.5 Å². The minimum absolute atomic E-state index is 0. The van der Waals surface area contributed by atoms with Gasteiger partial charge < -0.3 is 11.5 Å². The van der Waals surface area contributed by atoms with Crippen LogP contribution in [0.3, 0.4) is 0 Å². The van der Waals surface area contributed by atoms with Crippen molar-refractivity contribution >= 4 is 17.6 Å². The van der Waals surface area contributed by atoms with Crippen molar-refractivity contribution in [2.75, 3.05) is 0 Å². The van der Waals surface area contributed by atoms with Crippen LogP contribution in [0.1, 0.15) is 13.3 Å². The van der Waals surface area contributed by atoms with Crippen molar-refractivity contribution in [2.45, 2.75) is 19.5 Å². The van der Waals surface area contributed by atoms with Crippen LogP contribution in [0.5, 0.6) is 0 Å². The van der Waals surface area contributed by atoms with Crippen LogP contribution in [-0.4, -0.2) is 23.8 Å². The van der Waals surface area contributed by atoms with Gasteiger partial charge in [-0.25, -0.2) is 0 Å². The maximum atomic E-state index is 5.07. The van der Waals surface area contributed by atoms with E-state index in [9.17, 15) is 0 Å². The first-order chi connectivity index (χ1) is 2.27. The fourth-order valence-corrected chi connectivity index (χ4v) is 0. The summed E-state index contributed by atoms with van der Waals surface area (Å²) < 4.78 is 0. The summed E-state index contributed by atoms with van der Waals surface area (Å²) in [6.45, 7) is 1.95. The van der Waals surface area contributed by atoms with Gasteiger partial charge >= 0.3 is 17.6 Å². The Labute approximate surface area is 49.2 Å². The van der Waals surface area contributed by atoms with Crippen LogP contribution in [-0.2, 0) is 0 Å². The summed E-state index contributed by atoms with van der Waals surface area (Å²) in [5, 5.41) is 0. The van der Waals surface area contributed by atoms with Crippen molar-refractivity contribution < 1.29 is 0 Å². The van der Waals surface area contributed by atoms with Crippen LogP contribution in [0, 0.1) is 0 Å². The van der Waals surface area contributed by atoms with Crippen LogP contribution in [0.15, 0.2) is 0 Å². The fourth-order valence-electron chi connectivity index (χ4n) is 0. The van der Waals surface area contributed by atoms with E-state index >= 15 is 0 Å². The molecule has 0 aromatic heterocycles.